The Kier molecular flexibility index (Phi) is 24.2. The Morgan fingerprint density at radius 3 is 1.20 bits per heavy atom. The molecule has 0 saturated carbocycles. The van der Waals surface area contributed by atoms with E-state index in [1.165, 1.54) is 51.4 Å². The second-order valence-electron chi connectivity index (χ2n) is 13.8. The van der Waals surface area contributed by atoms with Crippen LogP contribution < -0.4 is 5.32 Å². The van der Waals surface area contributed by atoms with Crippen LogP contribution in [0.4, 0.5) is 0 Å². The minimum absolute atomic E-state index is 0.285. The Morgan fingerprint density at radius 1 is 0.490 bits per heavy atom. The molecule has 1 amide bonds. The molecule has 304 valence electrons. The predicted octanol–water partition coefficient (Wildman–Crippen LogP) is -2.29. The molecule has 17 nitrogen and oxygen atoms in total. The molecule has 3 heterocycles. The number of nitrogens with one attached hydrogen (secondary N) is 1. The lowest BCUT2D eigenvalue weighted by atomic mass is 9.93. The molecule has 13 N–H and O–H groups in total. The van der Waals surface area contributed by atoms with Gasteiger partial charge in [0.05, 0.1) is 32.0 Å². The molecule has 3 aliphatic rings. The monoisotopic (exact) mass is 745 g/mol. The third kappa shape index (κ3) is 16.0. The van der Waals surface area contributed by atoms with Crippen LogP contribution in [-0.2, 0) is 19.0 Å². The van der Waals surface area contributed by atoms with Crippen LogP contribution in [0.5, 0.6) is 0 Å². The quantitative estimate of drug-likeness (QED) is 0.0740. The van der Waals surface area contributed by atoms with E-state index in [0.717, 1.165) is 19.3 Å². The zero-order valence-electron chi connectivity index (χ0n) is 30.3. The van der Waals surface area contributed by atoms with Crippen LogP contribution in [0.25, 0.3) is 0 Å². The lowest BCUT2D eigenvalue weighted by Gasteiger charge is -2.40. The van der Waals surface area contributed by atoms with Crippen molar-refractivity contribution in [3.05, 3.63) is 0 Å². The van der Waals surface area contributed by atoms with Crippen LogP contribution in [-0.4, -0.2) is 167 Å². The lowest BCUT2D eigenvalue weighted by molar-refractivity contribution is -0.266. The maximum atomic E-state index is 12.0. The first-order valence-electron chi connectivity index (χ1n) is 18.4. The van der Waals surface area contributed by atoms with E-state index in [0.29, 0.717) is 6.42 Å². The number of hydrogen-bond donors (Lipinski definition) is 13. The van der Waals surface area contributed by atoms with Gasteiger partial charge in [-0.3, -0.25) is 4.79 Å². The van der Waals surface area contributed by atoms with Crippen molar-refractivity contribution in [1.29, 1.82) is 0 Å². The van der Waals surface area contributed by atoms with Crippen molar-refractivity contribution in [3.8, 4) is 0 Å². The molecule has 3 unspecified atom stereocenters. The zero-order valence-corrected chi connectivity index (χ0v) is 30.3. The first-order chi connectivity index (χ1) is 24.2. The topological polar surface area (TPSA) is 300 Å². The summed E-state index contributed by atoms with van der Waals surface area (Å²) in [6.07, 6.45) is -0.156. The van der Waals surface area contributed by atoms with Crippen LogP contribution in [0.1, 0.15) is 97.8 Å². The van der Waals surface area contributed by atoms with Gasteiger partial charge >= 0.3 is 0 Å². The summed E-state index contributed by atoms with van der Waals surface area (Å²) in [5.74, 6) is -1.36. The number of hydrogen-bond acceptors (Lipinski definition) is 16. The standard InChI is InChI=1S/C20H39NO6.2C7H14O5/c1-2-3-4-5-6-7-8-9-10-11-12-13-16(23)21-17-19(25)18(24)15(14-22)27-20(17)26;2*1-3-5(9)6(10)4(2-8)12-7(3)11/h15,17-20,22,24-26H,2-14H2,1H3,(H,21,23);2*3-11H,2H2,1H3/t15-,17-,18-,19-,20?;2*3-,4-,5-,6-,7?/m111/s1. The molecule has 0 radical (unpaired) electrons. The van der Waals surface area contributed by atoms with Crippen molar-refractivity contribution in [3.63, 3.8) is 0 Å². The number of carbonyl (C=O) groups excluding carboxylic acids is 1. The summed E-state index contributed by atoms with van der Waals surface area (Å²) in [7, 11) is 0. The molecule has 0 spiro atoms. The van der Waals surface area contributed by atoms with Crippen molar-refractivity contribution in [2.75, 3.05) is 19.8 Å². The van der Waals surface area contributed by atoms with Gasteiger partial charge in [-0.1, -0.05) is 85.0 Å². The van der Waals surface area contributed by atoms with Gasteiger partial charge in [0.1, 0.15) is 48.8 Å². The molecule has 3 fully saturated rings. The fourth-order valence-electron chi connectivity index (χ4n) is 5.93. The third-order valence-corrected chi connectivity index (χ3v) is 9.66. The Labute approximate surface area is 300 Å². The van der Waals surface area contributed by atoms with E-state index < -0.39 is 112 Å². The predicted molar refractivity (Wildman–Crippen MR) is 181 cm³/mol. The number of aliphatic hydroxyl groups is 12. The summed E-state index contributed by atoms with van der Waals surface area (Å²) in [5.41, 5.74) is 0. The van der Waals surface area contributed by atoms with Crippen molar-refractivity contribution >= 4 is 5.91 Å². The van der Waals surface area contributed by atoms with Gasteiger partial charge < -0.3 is 80.8 Å². The van der Waals surface area contributed by atoms with Gasteiger partial charge in [0.2, 0.25) is 5.91 Å². The normalized spacial score (nSPS) is 38.1. The molecular formula is C34H67NO16. The molecule has 0 bridgehead atoms. The highest BCUT2D eigenvalue weighted by Gasteiger charge is 2.44. The first kappa shape index (κ1) is 47.9. The molecule has 0 aromatic rings. The van der Waals surface area contributed by atoms with Crippen molar-refractivity contribution in [2.24, 2.45) is 11.8 Å². The summed E-state index contributed by atoms with van der Waals surface area (Å²) in [6, 6.07) is -1.09. The van der Waals surface area contributed by atoms with E-state index in [1.807, 2.05) is 0 Å². The van der Waals surface area contributed by atoms with Crippen molar-refractivity contribution in [1.82, 2.24) is 5.32 Å². The molecular weight excluding hydrogens is 678 g/mol. The van der Waals surface area contributed by atoms with Gasteiger partial charge in [-0.2, -0.15) is 0 Å². The van der Waals surface area contributed by atoms with Crippen LogP contribution in [0.2, 0.25) is 0 Å². The van der Waals surface area contributed by atoms with E-state index in [4.69, 9.17) is 39.7 Å². The molecule has 0 aliphatic carbocycles. The molecule has 3 rings (SSSR count). The average molecular weight is 746 g/mol. The van der Waals surface area contributed by atoms with E-state index in [9.17, 15) is 40.5 Å². The highest BCUT2D eigenvalue weighted by molar-refractivity contribution is 5.76. The van der Waals surface area contributed by atoms with Crippen LogP contribution in [0, 0.1) is 11.8 Å². The fourth-order valence-corrected chi connectivity index (χ4v) is 5.93. The first-order valence-corrected chi connectivity index (χ1v) is 18.4. The molecule has 3 saturated heterocycles. The second kappa shape index (κ2) is 25.8. The second-order valence-corrected chi connectivity index (χ2v) is 13.8. The average Bonchev–Trinajstić information content (AvgIpc) is 3.12. The van der Waals surface area contributed by atoms with Crippen LogP contribution >= 0.6 is 0 Å². The zero-order chi connectivity index (χ0) is 38.7. The highest BCUT2D eigenvalue weighted by atomic mass is 16.6. The van der Waals surface area contributed by atoms with Gasteiger partial charge in [-0.05, 0) is 6.42 Å². The maximum absolute atomic E-state index is 12.0. The van der Waals surface area contributed by atoms with E-state index >= 15 is 0 Å². The van der Waals surface area contributed by atoms with E-state index in [1.54, 1.807) is 13.8 Å². The SMILES string of the molecule is CCCCCCCCCCCCCC(=O)N[C@H]1C(O)O[C@H](CO)[C@@H](O)[C@@H]1O.C[C@H]1C(O)O[C@H](CO)[C@@H](O)[C@@H]1O.C[C@H]1C(O)O[C@H](CO)[C@@H](O)[C@@H]1O. The molecule has 51 heavy (non-hydrogen) atoms. The lowest BCUT2D eigenvalue weighted by Crippen LogP contribution is -2.64. The summed E-state index contributed by atoms with van der Waals surface area (Å²) >= 11 is 0. The third-order valence-electron chi connectivity index (χ3n) is 9.66. The number of amides is 1. The summed E-state index contributed by atoms with van der Waals surface area (Å²) in [6.45, 7) is 4.00. The number of aliphatic hydroxyl groups excluding tert-OH is 12. The number of rotatable bonds is 16. The van der Waals surface area contributed by atoms with Gasteiger partial charge in [-0.25, -0.2) is 0 Å². The number of unbranched alkanes of at least 4 members (excludes halogenated alkanes) is 10. The fraction of sp³-hybridized carbons (Fsp3) is 0.971. The van der Waals surface area contributed by atoms with E-state index in [2.05, 4.69) is 12.2 Å². The Hall–Kier alpha value is -1.13. The number of ether oxygens (including phenoxy) is 3. The van der Waals surface area contributed by atoms with Crippen molar-refractivity contribution in [2.45, 2.75) is 178 Å². The Morgan fingerprint density at radius 2 is 0.824 bits per heavy atom. The van der Waals surface area contributed by atoms with Gasteiger partial charge in [-0.15, -0.1) is 0 Å². The maximum Gasteiger partial charge on any atom is 0.220 e. The smallest absolute Gasteiger partial charge is 0.220 e. The molecule has 3 aliphatic heterocycles. The summed E-state index contributed by atoms with van der Waals surface area (Å²) < 4.78 is 14.7. The molecule has 17 heteroatoms. The van der Waals surface area contributed by atoms with Crippen LogP contribution in [0.15, 0.2) is 0 Å². The van der Waals surface area contributed by atoms with Gasteiger partial charge in [0, 0.05) is 18.3 Å². The highest BCUT2D eigenvalue weighted by Crippen LogP contribution is 2.25. The molecule has 0 aromatic heterocycles. The van der Waals surface area contributed by atoms with Crippen molar-refractivity contribution < 1.29 is 80.3 Å². The summed E-state index contributed by atoms with van der Waals surface area (Å²) in [5, 5.41) is 114. The Balaban J connectivity index is 0.000000444. The van der Waals surface area contributed by atoms with Gasteiger partial charge in [0.25, 0.3) is 0 Å². The van der Waals surface area contributed by atoms with Crippen LogP contribution in [0.3, 0.4) is 0 Å². The minimum Gasteiger partial charge on any atom is -0.394 e. The molecule has 0 aromatic carbocycles. The summed E-state index contributed by atoms with van der Waals surface area (Å²) in [4.78, 5) is 12.0. The minimum atomic E-state index is -1.46. The largest absolute Gasteiger partial charge is 0.394 e. The van der Waals surface area contributed by atoms with E-state index in [-0.39, 0.29) is 5.91 Å². The molecule has 15 atom stereocenters. The number of carbonyl (C=O) groups is 1. The Bertz CT molecular complexity index is 863. The van der Waals surface area contributed by atoms with Gasteiger partial charge in [0.15, 0.2) is 18.9 Å².